The second-order valence-corrected chi connectivity index (χ2v) is 15.9. The van der Waals surface area contributed by atoms with Crippen molar-refractivity contribution in [1.29, 1.82) is 0 Å². The van der Waals surface area contributed by atoms with Crippen LogP contribution in [-0.4, -0.2) is 19.6 Å². The number of aromatic hydroxyl groups is 1. The van der Waals surface area contributed by atoms with E-state index >= 15 is 0 Å². The average molecular weight is 784 g/mol. The van der Waals surface area contributed by atoms with E-state index in [1.165, 1.54) is 33.4 Å². The molecule has 0 saturated carbocycles. The molecule has 4 nitrogen and oxygen atoms in total. The Balaban J connectivity index is 1.13. The predicted molar refractivity (Wildman–Crippen MR) is 250 cm³/mol. The van der Waals surface area contributed by atoms with Crippen LogP contribution in [0, 0.1) is 0 Å². The van der Waals surface area contributed by atoms with E-state index in [9.17, 15) is 5.11 Å². The van der Waals surface area contributed by atoms with Crippen LogP contribution >= 0.6 is 0 Å². The fraction of sp³-hybridized carbons (Fsp3) is 0.0526. The highest BCUT2D eigenvalue weighted by Crippen LogP contribution is 2.45. The molecule has 0 aliphatic heterocycles. The van der Waals surface area contributed by atoms with Crippen LogP contribution < -0.4 is 0 Å². The van der Waals surface area contributed by atoms with Gasteiger partial charge in [0.25, 0.3) is 0 Å². The molecule has 0 amide bonds. The molecular formula is C57H41N3O. The Hall–Kier alpha value is -7.82. The number of phenolic OH excluding ortho intramolecular Hbond substituents is 1. The number of hydrogen-bond acceptors (Lipinski definition) is 3. The molecule has 4 heteroatoms. The summed E-state index contributed by atoms with van der Waals surface area (Å²) in [7, 11) is 0. The molecule has 11 rings (SSSR count). The van der Waals surface area contributed by atoms with Crippen molar-refractivity contribution in [2.24, 2.45) is 0 Å². The molecule has 2 aromatic heterocycles. The molecule has 1 aliphatic rings. The van der Waals surface area contributed by atoms with E-state index in [1.54, 1.807) is 0 Å². The normalized spacial score (nSPS) is 12.3. The molecule has 10 aromatic rings. The van der Waals surface area contributed by atoms with Gasteiger partial charge >= 0.3 is 0 Å². The molecule has 61 heavy (non-hydrogen) atoms. The standard InChI is InChI=1S/C57H41N3O/c1-37(38-16-5-2-6-17-38)40-21-13-22-41(32-40)43-33-44(35-45(34-43)54-52-36-42-20-11-12-25-47(42)50(52)30-31-58-54)48-26-15-29-53-55(48)59-57(60(53)46-23-9-4-10-24-46)51-28-14-27-49(56(51)61)39-18-7-3-8-19-39/h2-35,37,61H,36H2,1H3. The van der Waals surface area contributed by atoms with Crippen molar-refractivity contribution in [2.45, 2.75) is 19.3 Å². The number of benzene rings is 8. The molecule has 290 valence electrons. The predicted octanol–water partition coefficient (Wildman–Crippen LogP) is 14.2. The smallest absolute Gasteiger partial charge is 0.149 e. The van der Waals surface area contributed by atoms with Crippen LogP contribution in [0.1, 0.15) is 35.1 Å². The Morgan fingerprint density at radius 2 is 1.11 bits per heavy atom. The van der Waals surface area contributed by atoms with Gasteiger partial charge in [-0.05, 0) is 104 Å². The quantitative estimate of drug-likeness (QED) is 0.167. The molecule has 0 saturated heterocycles. The number of fused-ring (bicyclic) bond motifs is 4. The Morgan fingerprint density at radius 3 is 1.95 bits per heavy atom. The topological polar surface area (TPSA) is 50.9 Å². The highest BCUT2D eigenvalue weighted by atomic mass is 16.3. The van der Waals surface area contributed by atoms with Crippen LogP contribution in [0.15, 0.2) is 206 Å². The van der Waals surface area contributed by atoms with E-state index in [-0.39, 0.29) is 11.7 Å². The van der Waals surface area contributed by atoms with Crippen LogP contribution in [0.25, 0.3) is 83.9 Å². The maximum Gasteiger partial charge on any atom is 0.149 e. The van der Waals surface area contributed by atoms with E-state index in [4.69, 9.17) is 9.97 Å². The van der Waals surface area contributed by atoms with Crippen LogP contribution in [0.3, 0.4) is 0 Å². The third-order valence-electron chi connectivity index (χ3n) is 12.3. The second kappa shape index (κ2) is 15.1. The summed E-state index contributed by atoms with van der Waals surface area (Å²) in [4.78, 5) is 10.6. The summed E-state index contributed by atoms with van der Waals surface area (Å²) in [6.07, 6.45) is 2.79. The summed E-state index contributed by atoms with van der Waals surface area (Å²) in [5.41, 5.74) is 19.1. The van der Waals surface area contributed by atoms with Crippen molar-refractivity contribution in [3.63, 3.8) is 0 Å². The van der Waals surface area contributed by atoms with Gasteiger partial charge < -0.3 is 5.11 Å². The lowest BCUT2D eigenvalue weighted by Crippen LogP contribution is -1.98. The summed E-state index contributed by atoms with van der Waals surface area (Å²) in [6, 6.07) is 70.1. The maximum absolute atomic E-state index is 12.0. The zero-order chi connectivity index (χ0) is 40.9. The number of aromatic nitrogens is 3. The van der Waals surface area contributed by atoms with Crippen molar-refractivity contribution >= 4 is 11.0 Å². The fourth-order valence-corrected chi connectivity index (χ4v) is 9.23. The Kier molecular flexibility index (Phi) is 8.97. The maximum atomic E-state index is 12.0. The molecule has 0 spiro atoms. The first kappa shape index (κ1) is 36.3. The largest absolute Gasteiger partial charge is 0.507 e. The van der Waals surface area contributed by atoms with Gasteiger partial charge in [-0.3, -0.25) is 9.55 Å². The first-order chi connectivity index (χ1) is 30.1. The van der Waals surface area contributed by atoms with Gasteiger partial charge in [0.05, 0.1) is 22.3 Å². The number of pyridine rings is 1. The van der Waals surface area contributed by atoms with Gasteiger partial charge in [0, 0.05) is 40.9 Å². The number of hydrogen-bond donors (Lipinski definition) is 1. The van der Waals surface area contributed by atoms with E-state index in [0.717, 1.165) is 67.8 Å². The fourth-order valence-electron chi connectivity index (χ4n) is 9.23. The van der Waals surface area contributed by atoms with Gasteiger partial charge in [0.1, 0.15) is 11.6 Å². The molecule has 0 fully saturated rings. The van der Waals surface area contributed by atoms with Gasteiger partial charge in [-0.1, -0.05) is 159 Å². The lowest BCUT2D eigenvalue weighted by molar-refractivity contribution is 0.479. The summed E-state index contributed by atoms with van der Waals surface area (Å²) < 4.78 is 2.17. The molecular weight excluding hydrogens is 743 g/mol. The molecule has 2 heterocycles. The first-order valence-electron chi connectivity index (χ1n) is 20.9. The number of para-hydroxylation sites is 3. The average Bonchev–Trinajstić information content (AvgIpc) is 3.91. The number of rotatable bonds is 8. The lowest BCUT2D eigenvalue weighted by Gasteiger charge is -2.16. The number of nitrogens with zero attached hydrogens (tertiary/aromatic N) is 3. The Bertz CT molecular complexity index is 3240. The zero-order valence-electron chi connectivity index (χ0n) is 33.7. The summed E-state index contributed by atoms with van der Waals surface area (Å²) in [5.74, 6) is 1.09. The van der Waals surface area contributed by atoms with Crippen molar-refractivity contribution in [2.75, 3.05) is 0 Å². The van der Waals surface area contributed by atoms with E-state index in [0.29, 0.717) is 11.4 Å². The van der Waals surface area contributed by atoms with Crippen molar-refractivity contribution in [1.82, 2.24) is 14.5 Å². The van der Waals surface area contributed by atoms with Gasteiger partial charge in [0.15, 0.2) is 0 Å². The van der Waals surface area contributed by atoms with Crippen LogP contribution in [0.2, 0.25) is 0 Å². The minimum Gasteiger partial charge on any atom is -0.507 e. The van der Waals surface area contributed by atoms with Gasteiger partial charge in [-0.15, -0.1) is 0 Å². The number of imidazole rings is 1. The first-order valence-corrected chi connectivity index (χ1v) is 20.9. The molecule has 8 aromatic carbocycles. The second-order valence-electron chi connectivity index (χ2n) is 15.9. The Labute approximate surface area is 355 Å². The van der Waals surface area contributed by atoms with Crippen molar-refractivity contribution in [3.8, 4) is 78.6 Å². The van der Waals surface area contributed by atoms with Gasteiger partial charge in [-0.2, -0.15) is 0 Å². The summed E-state index contributed by atoms with van der Waals surface area (Å²) in [6.45, 7) is 2.28. The third-order valence-corrected chi connectivity index (χ3v) is 12.3. The molecule has 0 bridgehead atoms. The van der Waals surface area contributed by atoms with E-state index < -0.39 is 0 Å². The van der Waals surface area contributed by atoms with Crippen LogP contribution in [-0.2, 0) is 6.42 Å². The lowest BCUT2D eigenvalue weighted by atomic mass is 9.89. The minimum atomic E-state index is 0.196. The monoisotopic (exact) mass is 783 g/mol. The Morgan fingerprint density at radius 1 is 0.492 bits per heavy atom. The van der Waals surface area contributed by atoms with E-state index in [2.05, 4.69) is 145 Å². The van der Waals surface area contributed by atoms with E-state index in [1.807, 2.05) is 72.9 Å². The third kappa shape index (κ3) is 6.41. The van der Waals surface area contributed by atoms with Crippen LogP contribution in [0.4, 0.5) is 0 Å². The highest BCUT2D eigenvalue weighted by Gasteiger charge is 2.25. The minimum absolute atomic E-state index is 0.196. The zero-order valence-corrected chi connectivity index (χ0v) is 33.7. The molecule has 0 radical (unpaired) electrons. The van der Waals surface area contributed by atoms with Gasteiger partial charge in [0.2, 0.25) is 0 Å². The number of phenols is 1. The molecule has 1 unspecified atom stereocenters. The SMILES string of the molecule is CC(c1ccccc1)c1cccc(-c2cc(-c3nccc4c3Cc3ccccc3-4)cc(-c3cccc4c3nc(-c3cccc(-c5ccccc5)c3O)n4-c3ccccc3)c2)c1. The molecule has 1 N–H and O–H groups in total. The molecule has 1 aliphatic carbocycles. The summed E-state index contributed by atoms with van der Waals surface area (Å²) >= 11 is 0. The summed E-state index contributed by atoms with van der Waals surface area (Å²) in [5, 5.41) is 12.0. The van der Waals surface area contributed by atoms with Crippen LogP contribution in [0.5, 0.6) is 5.75 Å². The van der Waals surface area contributed by atoms with Gasteiger partial charge in [-0.25, -0.2) is 4.98 Å². The molecule has 1 atom stereocenters. The highest BCUT2D eigenvalue weighted by molar-refractivity contribution is 5.98. The van der Waals surface area contributed by atoms with Crippen molar-refractivity contribution < 1.29 is 5.11 Å². The van der Waals surface area contributed by atoms with Crippen molar-refractivity contribution in [3.05, 3.63) is 229 Å².